The Morgan fingerprint density at radius 3 is 2.82 bits per heavy atom. The summed E-state index contributed by atoms with van der Waals surface area (Å²) in [5, 5.41) is 5.61. The molecule has 0 saturated carbocycles. The Balaban J connectivity index is 2.02. The van der Waals surface area contributed by atoms with Gasteiger partial charge in [0.2, 0.25) is 0 Å². The maximum absolute atomic E-state index is 11.7. The van der Waals surface area contributed by atoms with E-state index in [1.165, 1.54) is 6.08 Å². The quantitative estimate of drug-likeness (QED) is 0.339. The van der Waals surface area contributed by atoms with Crippen LogP contribution < -0.4 is 4.74 Å². The van der Waals surface area contributed by atoms with Crippen molar-refractivity contribution < 1.29 is 19.0 Å². The first-order valence-electron chi connectivity index (χ1n) is 9.16. The van der Waals surface area contributed by atoms with Crippen molar-refractivity contribution in [2.75, 3.05) is 26.9 Å². The van der Waals surface area contributed by atoms with E-state index in [-0.39, 0.29) is 5.97 Å². The lowest BCUT2D eigenvalue weighted by Gasteiger charge is -2.10. The van der Waals surface area contributed by atoms with Crippen molar-refractivity contribution in [1.82, 2.24) is 14.3 Å². The molecule has 0 aliphatic heterocycles. The van der Waals surface area contributed by atoms with Gasteiger partial charge in [-0.25, -0.2) is 4.79 Å². The summed E-state index contributed by atoms with van der Waals surface area (Å²) in [6.45, 7) is 5.06. The number of hydrogen-bond acceptors (Lipinski definition) is 5. The molecule has 0 aliphatic rings. The van der Waals surface area contributed by atoms with Gasteiger partial charge in [0.15, 0.2) is 0 Å². The summed E-state index contributed by atoms with van der Waals surface area (Å²) < 4.78 is 19.6. The van der Waals surface area contributed by atoms with E-state index in [0.29, 0.717) is 19.8 Å². The molecule has 7 nitrogen and oxygen atoms in total. The number of ether oxygens (including phenoxy) is 3. The Labute approximate surface area is 164 Å². The molecule has 0 saturated heterocycles. The van der Waals surface area contributed by atoms with Crippen LogP contribution >= 0.6 is 0 Å². The Morgan fingerprint density at radius 2 is 2.07 bits per heavy atom. The minimum absolute atomic E-state index is 0.343. The monoisotopic (exact) mass is 383 g/mol. The predicted molar refractivity (Wildman–Crippen MR) is 108 cm³/mol. The van der Waals surface area contributed by atoms with Gasteiger partial charge < -0.3 is 18.8 Å². The van der Waals surface area contributed by atoms with E-state index in [1.54, 1.807) is 24.8 Å². The largest absolute Gasteiger partial charge is 0.491 e. The van der Waals surface area contributed by atoms with Crippen molar-refractivity contribution in [3.8, 4) is 11.6 Å². The molecule has 0 radical (unpaired) electrons. The molecule has 0 spiro atoms. The molecular formula is C21H25N3O4. The van der Waals surface area contributed by atoms with E-state index in [2.05, 4.69) is 5.10 Å². The zero-order chi connectivity index (χ0) is 20.1. The number of rotatable bonds is 8. The Kier molecular flexibility index (Phi) is 6.16. The molecule has 0 aliphatic carbocycles. The average molecular weight is 383 g/mol. The van der Waals surface area contributed by atoms with Gasteiger partial charge in [0.05, 0.1) is 24.4 Å². The summed E-state index contributed by atoms with van der Waals surface area (Å²) in [5.74, 6) is 1.26. The zero-order valence-corrected chi connectivity index (χ0v) is 16.6. The van der Waals surface area contributed by atoms with E-state index < -0.39 is 0 Å². The number of carbonyl (C=O) groups is 1. The summed E-state index contributed by atoms with van der Waals surface area (Å²) in [7, 11) is 3.53. The van der Waals surface area contributed by atoms with Gasteiger partial charge in [-0.05, 0) is 38.1 Å². The Morgan fingerprint density at radius 1 is 1.25 bits per heavy atom. The fourth-order valence-electron chi connectivity index (χ4n) is 3.11. The third kappa shape index (κ3) is 4.09. The van der Waals surface area contributed by atoms with Crippen LogP contribution in [-0.2, 0) is 21.3 Å². The van der Waals surface area contributed by atoms with Gasteiger partial charge in [-0.3, -0.25) is 4.68 Å². The van der Waals surface area contributed by atoms with Gasteiger partial charge in [-0.1, -0.05) is 0 Å². The van der Waals surface area contributed by atoms with Crippen LogP contribution in [0.15, 0.2) is 36.5 Å². The van der Waals surface area contributed by atoms with E-state index in [4.69, 9.17) is 14.2 Å². The molecule has 148 valence electrons. The second-order valence-electron chi connectivity index (χ2n) is 6.28. The first-order valence-corrected chi connectivity index (χ1v) is 9.16. The molecule has 0 bridgehead atoms. The third-order valence-corrected chi connectivity index (χ3v) is 4.36. The molecule has 0 fully saturated rings. The van der Waals surface area contributed by atoms with Gasteiger partial charge in [0.25, 0.3) is 0 Å². The van der Waals surface area contributed by atoms with Crippen molar-refractivity contribution in [3.63, 3.8) is 0 Å². The van der Waals surface area contributed by atoms with Crippen LogP contribution in [0.1, 0.15) is 18.2 Å². The molecule has 0 N–H and O–H groups in total. The summed E-state index contributed by atoms with van der Waals surface area (Å²) in [5.41, 5.74) is 2.68. The van der Waals surface area contributed by atoms with Gasteiger partial charge in [-0.2, -0.15) is 5.10 Å². The smallest absolute Gasteiger partial charge is 0.330 e. The standard InChI is InChI=1S/C21H25N3O4/c1-5-27-20(25)9-8-18-15(2)22-23(3)21(18)24-11-10-16-6-7-17(14-19(16)24)28-13-12-26-4/h6-11,14H,5,12-13H2,1-4H3. The van der Waals surface area contributed by atoms with Crippen LogP contribution in [0, 0.1) is 6.92 Å². The Bertz CT molecular complexity index is 1000. The average Bonchev–Trinajstić information content (AvgIpc) is 3.19. The van der Waals surface area contributed by atoms with Gasteiger partial charge in [0.1, 0.15) is 18.2 Å². The number of nitrogens with zero attached hydrogens (tertiary/aromatic N) is 3. The summed E-state index contributed by atoms with van der Waals surface area (Å²) in [6, 6.07) is 7.99. The highest BCUT2D eigenvalue weighted by Gasteiger charge is 2.15. The number of methoxy groups -OCH3 is 1. The molecule has 2 aromatic heterocycles. The number of fused-ring (bicyclic) bond motifs is 1. The highest BCUT2D eigenvalue weighted by Crippen LogP contribution is 2.28. The highest BCUT2D eigenvalue weighted by atomic mass is 16.5. The number of hydrogen-bond donors (Lipinski definition) is 0. The predicted octanol–water partition coefficient (Wildman–Crippen LogP) is 3.27. The first-order chi connectivity index (χ1) is 13.5. The molecular weight excluding hydrogens is 358 g/mol. The molecule has 0 unspecified atom stereocenters. The lowest BCUT2D eigenvalue weighted by Crippen LogP contribution is -2.05. The zero-order valence-electron chi connectivity index (χ0n) is 16.6. The highest BCUT2D eigenvalue weighted by molar-refractivity contribution is 5.89. The van der Waals surface area contributed by atoms with Gasteiger partial charge in [0, 0.05) is 43.4 Å². The fraction of sp³-hybridized carbons (Fsp3) is 0.333. The van der Waals surface area contributed by atoms with Gasteiger partial charge >= 0.3 is 5.97 Å². The van der Waals surface area contributed by atoms with Crippen molar-refractivity contribution in [2.24, 2.45) is 7.05 Å². The topological polar surface area (TPSA) is 67.5 Å². The van der Waals surface area contributed by atoms with E-state index in [0.717, 1.165) is 33.7 Å². The van der Waals surface area contributed by atoms with Crippen LogP contribution in [0.5, 0.6) is 5.75 Å². The minimum atomic E-state index is -0.372. The minimum Gasteiger partial charge on any atom is -0.491 e. The van der Waals surface area contributed by atoms with Crippen molar-refractivity contribution in [1.29, 1.82) is 0 Å². The molecule has 0 amide bonds. The van der Waals surface area contributed by atoms with E-state index >= 15 is 0 Å². The molecule has 0 atom stereocenters. The van der Waals surface area contributed by atoms with E-state index in [1.807, 2.05) is 49.0 Å². The number of aromatic nitrogens is 3. The number of benzene rings is 1. The maximum atomic E-state index is 11.7. The second-order valence-corrected chi connectivity index (χ2v) is 6.28. The summed E-state index contributed by atoms with van der Waals surface area (Å²) >= 11 is 0. The van der Waals surface area contributed by atoms with Crippen LogP contribution in [0.25, 0.3) is 22.8 Å². The second kappa shape index (κ2) is 8.75. The number of aryl methyl sites for hydroxylation is 2. The van der Waals surface area contributed by atoms with Crippen molar-refractivity contribution in [2.45, 2.75) is 13.8 Å². The van der Waals surface area contributed by atoms with Crippen LogP contribution in [0.3, 0.4) is 0 Å². The number of carbonyl (C=O) groups excluding carboxylic acids is 1. The molecule has 7 heteroatoms. The lowest BCUT2D eigenvalue weighted by atomic mass is 10.2. The maximum Gasteiger partial charge on any atom is 0.330 e. The molecule has 3 aromatic rings. The van der Waals surface area contributed by atoms with Gasteiger partial charge in [-0.15, -0.1) is 0 Å². The third-order valence-electron chi connectivity index (χ3n) is 4.36. The number of esters is 1. The molecule has 1 aromatic carbocycles. The van der Waals surface area contributed by atoms with Crippen molar-refractivity contribution in [3.05, 3.63) is 47.8 Å². The normalized spacial score (nSPS) is 11.4. The van der Waals surface area contributed by atoms with Crippen LogP contribution in [0.2, 0.25) is 0 Å². The fourth-order valence-corrected chi connectivity index (χ4v) is 3.11. The Hall–Kier alpha value is -3.06. The lowest BCUT2D eigenvalue weighted by molar-refractivity contribution is -0.137. The molecule has 2 heterocycles. The SMILES string of the molecule is CCOC(=O)C=Cc1c(C)nn(C)c1-n1ccc2ccc(OCCOC)cc21. The van der Waals surface area contributed by atoms with E-state index in [9.17, 15) is 4.79 Å². The van der Waals surface area contributed by atoms with Crippen molar-refractivity contribution >= 4 is 22.9 Å². The van der Waals surface area contributed by atoms with Crippen LogP contribution in [-0.4, -0.2) is 47.2 Å². The molecule has 3 rings (SSSR count). The van der Waals surface area contributed by atoms with Crippen LogP contribution in [0.4, 0.5) is 0 Å². The summed E-state index contributed by atoms with van der Waals surface area (Å²) in [4.78, 5) is 11.7. The summed E-state index contributed by atoms with van der Waals surface area (Å²) in [6.07, 6.45) is 5.17. The first kappa shape index (κ1) is 19.7. The molecule has 28 heavy (non-hydrogen) atoms.